The summed E-state index contributed by atoms with van der Waals surface area (Å²) in [5.74, 6) is 0.828. The number of rotatable bonds is 3. The van der Waals surface area contributed by atoms with Gasteiger partial charge < -0.3 is 4.57 Å². The van der Waals surface area contributed by atoms with Crippen molar-refractivity contribution in [1.29, 1.82) is 0 Å². The lowest BCUT2D eigenvalue weighted by Crippen LogP contribution is -2.05. The molecule has 0 saturated heterocycles. The SMILES string of the molecule is C1=Cc2c(n(-c3cccc4c3c3c5ccccc5ccc3n4-c3nc4ccccc4nc3-c3ccc4ccccc4c3)c3ccccc23)CC1. The van der Waals surface area contributed by atoms with Crippen molar-refractivity contribution < 1.29 is 0 Å². The summed E-state index contributed by atoms with van der Waals surface area (Å²) in [5.41, 5.74) is 11.0. The van der Waals surface area contributed by atoms with E-state index in [1.165, 1.54) is 60.2 Å². The summed E-state index contributed by atoms with van der Waals surface area (Å²) in [5, 5.41) is 8.57. The molecule has 4 nitrogen and oxygen atoms in total. The summed E-state index contributed by atoms with van der Waals surface area (Å²) in [6.45, 7) is 0. The molecule has 7 aromatic carbocycles. The fourth-order valence-corrected chi connectivity index (χ4v) is 8.35. The van der Waals surface area contributed by atoms with Crippen molar-refractivity contribution in [1.82, 2.24) is 19.1 Å². The van der Waals surface area contributed by atoms with Crippen LogP contribution in [-0.2, 0) is 6.42 Å². The van der Waals surface area contributed by atoms with Crippen molar-refractivity contribution in [3.63, 3.8) is 0 Å². The fraction of sp³-hybridized carbons (Fsp3) is 0.0435. The number of allylic oxidation sites excluding steroid dienone is 1. The minimum absolute atomic E-state index is 0.828. The van der Waals surface area contributed by atoms with Crippen LogP contribution in [0.3, 0.4) is 0 Å². The molecule has 0 unspecified atom stereocenters. The third-order valence-corrected chi connectivity index (χ3v) is 10.5. The second kappa shape index (κ2) is 10.5. The van der Waals surface area contributed by atoms with Crippen LogP contribution in [0.25, 0.3) is 94.1 Å². The Bertz CT molecular complexity index is 3050. The third-order valence-electron chi connectivity index (χ3n) is 10.5. The minimum atomic E-state index is 0.828. The Morgan fingerprint density at radius 3 is 2.10 bits per heavy atom. The topological polar surface area (TPSA) is 35.6 Å². The molecule has 10 aromatic rings. The van der Waals surface area contributed by atoms with E-state index < -0.39 is 0 Å². The summed E-state index contributed by atoms with van der Waals surface area (Å²) in [4.78, 5) is 10.8. The first-order valence-electron chi connectivity index (χ1n) is 17.3. The van der Waals surface area contributed by atoms with E-state index in [1.54, 1.807) is 0 Å². The van der Waals surface area contributed by atoms with E-state index in [1.807, 2.05) is 12.1 Å². The molecule has 1 aliphatic carbocycles. The van der Waals surface area contributed by atoms with E-state index in [0.29, 0.717) is 0 Å². The first kappa shape index (κ1) is 27.4. The van der Waals surface area contributed by atoms with Gasteiger partial charge in [0.05, 0.1) is 33.3 Å². The summed E-state index contributed by atoms with van der Waals surface area (Å²) < 4.78 is 4.89. The zero-order chi connectivity index (χ0) is 32.8. The molecule has 0 amide bonds. The molecule has 0 aliphatic heterocycles. The summed E-state index contributed by atoms with van der Waals surface area (Å²) in [7, 11) is 0. The minimum Gasteiger partial charge on any atom is -0.312 e. The van der Waals surface area contributed by atoms with E-state index >= 15 is 0 Å². The molecule has 4 heteroatoms. The molecule has 0 radical (unpaired) electrons. The van der Waals surface area contributed by atoms with Gasteiger partial charge in [0.15, 0.2) is 5.82 Å². The zero-order valence-corrected chi connectivity index (χ0v) is 27.2. The molecule has 11 rings (SSSR count). The first-order chi connectivity index (χ1) is 24.8. The van der Waals surface area contributed by atoms with Crippen LogP contribution in [0.1, 0.15) is 17.7 Å². The van der Waals surface area contributed by atoms with Crippen LogP contribution in [0.4, 0.5) is 0 Å². The molecule has 0 saturated carbocycles. The molecule has 0 atom stereocenters. The van der Waals surface area contributed by atoms with E-state index in [9.17, 15) is 0 Å². The molecule has 0 bridgehead atoms. The monoisotopic (exact) mass is 638 g/mol. The van der Waals surface area contributed by atoms with Crippen molar-refractivity contribution in [2.75, 3.05) is 0 Å². The van der Waals surface area contributed by atoms with Crippen LogP contribution in [0, 0.1) is 0 Å². The van der Waals surface area contributed by atoms with Gasteiger partial charge >= 0.3 is 0 Å². The van der Waals surface area contributed by atoms with Crippen molar-refractivity contribution >= 4 is 71.4 Å². The Balaban J connectivity index is 1.32. The zero-order valence-electron chi connectivity index (χ0n) is 27.2. The van der Waals surface area contributed by atoms with Gasteiger partial charge in [-0.1, -0.05) is 115 Å². The molecular formula is C46H30N4. The molecule has 3 aromatic heterocycles. The van der Waals surface area contributed by atoms with E-state index in [-0.39, 0.29) is 0 Å². The lowest BCUT2D eigenvalue weighted by molar-refractivity contribution is 0.892. The number of hydrogen-bond acceptors (Lipinski definition) is 2. The fourth-order valence-electron chi connectivity index (χ4n) is 8.35. The van der Waals surface area contributed by atoms with Crippen molar-refractivity contribution in [2.45, 2.75) is 12.8 Å². The lowest BCUT2D eigenvalue weighted by atomic mass is 10.0. The van der Waals surface area contributed by atoms with E-state index in [2.05, 4.69) is 155 Å². The number of para-hydroxylation sites is 3. The van der Waals surface area contributed by atoms with Crippen LogP contribution < -0.4 is 0 Å². The maximum atomic E-state index is 5.45. The average Bonchev–Trinajstić information content (AvgIpc) is 3.70. The predicted molar refractivity (Wildman–Crippen MR) is 209 cm³/mol. The number of nitrogens with zero attached hydrogens (tertiary/aromatic N) is 4. The molecule has 0 N–H and O–H groups in total. The van der Waals surface area contributed by atoms with Gasteiger partial charge in [0.1, 0.15) is 5.69 Å². The maximum Gasteiger partial charge on any atom is 0.165 e. The number of hydrogen-bond donors (Lipinski definition) is 0. The standard InChI is InChI=1S/C46H30N4/c1-2-14-31-28-32(25-24-29(31)12-1)45-46(48-37-19-8-7-18-36(37)47-45)50-41-23-11-22-40(44(41)43-33-15-4-3-13-30(33)26-27-42(43)50)49-38-20-9-5-16-34(38)35-17-6-10-21-39(35)49/h1-9,11-20,22-28H,10,21H2. The van der Waals surface area contributed by atoms with Crippen LogP contribution in [0.2, 0.25) is 0 Å². The lowest BCUT2D eigenvalue weighted by Gasteiger charge is -2.16. The highest BCUT2D eigenvalue weighted by molar-refractivity contribution is 6.24. The van der Waals surface area contributed by atoms with Gasteiger partial charge in [-0.25, -0.2) is 9.97 Å². The van der Waals surface area contributed by atoms with Crippen LogP contribution >= 0.6 is 0 Å². The van der Waals surface area contributed by atoms with Crippen LogP contribution in [0.5, 0.6) is 0 Å². The van der Waals surface area contributed by atoms with Crippen LogP contribution in [-0.4, -0.2) is 19.1 Å². The molecule has 1 aliphatic rings. The Morgan fingerprint density at radius 2 is 1.20 bits per heavy atom. The van der Waals surface area contributed by atoms with E-state index in [4.69, 9.17) is 9.97 Å². The average molecular weight is 639 g/mol. The largest absolute Gasteiger partial charge is 0.312 e. The van der Waals surface area contributed by atoms with E-state index in [0.717, 1.165) is 52.0 Å². The maximum absolute atomic E-state index is 5.45. The Kier molecular flexibility index (Phi) is 5.75. The van der Waals surface area contributed by atoms with Gasteiger partial charge in [0.25, 0.3) is 0 Å². The molecule has 3 heterocycles. The molecule has 0 spiro atoms. The van der Waals surface area contributed by atoms with Gasteiger partial charge in [0.2, 0.25) is 0 Å². The normalized spacial score (nSPS) is 13.0. The number of aromatic nitrogens is 4. The molecule has 234 valence electrons. The highest BCUT2D eigenvalue weighted by atomic mass is 15.1. The Hall–Kier alpha value is -6.52. The highest BCUT2D eigenvalue weighted by Crippen LogP contribution is 2.44. The van der Waals surface area contributed by atoms with Gasteiger partial charge in [0, 0.05) is 33.0 Å². The summed E-state index contributed by atoms with van der Waals surface area (Å²) in [6, 6.07) is 52.2. The number of benzene rings is 7. The predicted octanol–water partition coefficient (Wildman–Crippen LogP) is 11.6. The third kappa shape index (κ3) is 3.87. The second-order valence-corrected chi connectivity index (χ2v) is 13.3. The Morgan fingerprint density at radius 1 is 0.500 bits per heavy atom. The van der Waals surface area contributed by atoms with Gasteiger partial charge in [-0.2, -0.15) is 0 Å². The van der Waals surface area contributed by atoms with Crippen molar-refractivity contribution in [3.05, 3.63) is 163 Å². The molecule has 0 fully saturated rings. The smallest absolute Gasteiger partial charge is 0.165 e. The summed E-state index contributed by atoms with van der Waals surface area (Å²) in [6.07, 6.45) is 6.66. The van der Waals surface area contributed by atoms with Crippen LogP contribution in [0.15, 0.2) is 152 Å². The second-order valence-electron chi connectivity index (χ2n) is 13.3. The van der Waals surface area contributed by atoms with Gasteiger partial charge in [-0.3, -0.25) is 4.57 Å². The van der Waals surface area contributed by atoms with Gasteiger partial charge in [-0.05, 0) is 76.9 Å². The highest BCUT2D eigenvalue weighted by Gasteiger charge is 2.25. The van der Waals surface area contributed by atoms with Gasteiger partial charge in [-0.15, -0.1) is 0 Å². The molecular weight excluding hydrogens is 609 g/mol. The molecule has 50 heavy (non-hydrogen) atoms. The Labute approximate surface area is 288 Å². The van der Waals surface area contributed by atoms with Crippen molar-refractivity contribution in [2.24, 2.45) is 0 Å². The summed E-state index contributed by atoms with van der Waals surface area (Å²) >= 11 is 0. The quantitative estimate of drug-likeness (QED) is 0.193. The van der Waals surface area contributed by atoms with Crippen molar-refractivity contribution in [3.8, 4) is 22.8 Å². The first-order valence-corrected chi connectivity index (χ1v) is 17.3. The number of fused-ring (bicyclic) bond motifs is 10.